The summed E-state index contributed by atoms with van der Waals surface area (Å²) < 4.78 is 5.60. The average molecular weight is 189 g/mol. The first-order valence-electron chi connectivity index (χ1n) is 5.32. The number of rotatable bonds is 0. The van der Waals surface area contributed by atoms with Crippen molar-refractivity contribution in [3.8, 4) is 0 Å². The van der Waals surface area contributed by atoms with Gasteiger partial charge in [-0.25, -0.2) is 0 Å². The molecular weight excluding hydrogens is 174 g/mol. The van der Waals surface area contributed by atoms with Gasteiger partial charge in [0.2, 0.25) is 0 Å². The Bertz CT molecular complexity index is 336. The second-order valence-corrected chi connectivity index (χ2v) is 4.22. The monoisotopic (exact) mass is 189 g/mol. The first-order chi connectivity index (χ1) is 6.91. The Kier molecular flexibility index (Phi) is 1.85. The van der Waals surface area contributed by atoms with Crippen molar-refractivity contribution in [1.29, 1.82) is 0 Å². The summed E-state index contributed by atoms with van der Waals surface area (Å²) in [5.74, 6) is 0. The molecule has 0 unspecified atom stereocenters. The lowest BCUT2D eigenvalue weighted by molar-refractivity contribution is 0.0260. The number of hydrogen-bond donors (Lipinski definition) is 1. The summed E-state index contributed by atoms with van der Waals surface area (Å²) in [7, 11) is 0. The molecule has 0 amide bonds. The molecule has 1 aliphatic heterocycles. The summed E-state index contributed by atoms with van der Waals surface area (Å²) in [4.78, 5) is 0. The maximum Gasteiger partial charge on any atom is 0.0691 e. The van der Waals surface area contributed by atoms with E-state index in [0.29, 0.717) is 0 Å². The molecule has 1 heterocycles. The van der Waals surface area contributed by atoms with Gasteiger partial charge < -0.3 is 10.1 Å². The first-order valence-corrected chi connectivity index (χ1v) is 5.32. The van der Waals surface area contributed by atoms with Crippen molar-refractivity contribution in [1.82, 2.24) is 5.32 Å². The Labute approximate surface area is 84.3 Å². The third kappa shape index (κ3) is 1.11. The summed E-state index contributed by atoms with van der Waals surface area (Å²) in [6.45, 7) is 2.67. The number of morpholine rings is 1. The van der Waals surface area contributed by atoms with Gasteiger partial charge in [-0.15, -0.1) is 0 Å². The predicted octanol–water partition coefficient (Wildman–Crippen LogP) is 1.45. The Morgan fingerprint density at radius 1 is 1.29 bits per heavy atom. The van der Waals surface area contributed by atoms with Crippen LogP contribution < -0.4 is 5.32 Å². The number of aryl methyl sites for hydroxylation is 1. The van der Waals surface area contributed by atoms with Crippen LogP contribution in [-0.4, -0.2) is 19.8 Å². The van der Waals surface area contributed by atoms with E-state index in [4.69, 9.17) is 4.74 Å². The lowest BCUT2D eigenvalue weighted by Gasteiger charge is -2.35. The van der Waals surface area contributed by atoms with Gasteiger partial charge in [0.1, 0.15) is 0 Å². The molecule has 1 aromatic carbocycles. The van der Waals surface area contributed by atoms with Crippen molar-refractivity contribution in [3.05, 3.63) is 35.4 Å². The number of nitrogens with one attached hydrogen (secondary N) is 1. The van der Waals surface area contributed by atoms with E-state index in [-0.39, 0.29) is 5.54 Å². The van der Waals surface area contributed by atoms with Crippen LogP contribution in [0.1, 0.15) is 17.5 Å². The third-order valence-electron chi connectivity index (χ3n) is 3.41. The minimum absolute atomic E-state index is 0.134. The highest BCUT2D eigenvalue weighted by molar-refractivity contribution is 5.39. The van der Waals surface area contributed by atoms with Gasteiger partial charge >= 0.3 is 0 Å². The Morgan fingerprint density at radius 2 is 2.21 bits per heavy atom. The third-order valence-corrected chi connectivity index (χ3v) is 3.41. The molecular formula is C12H15NO. The molecule has 1 aliphatic carbocycles. The molecule has 0 saturated carbocycles. The van der Waals surface area contributed by atoms with E-state index in [1.54, 1.807) is 0 Å². The van der Waals surface area contributed by atoms with E-state index >= 15 is 0 Å². The molecule has 74 valence electrons. The van der Waals surface area contributed by atoms with Gasteiger partial charge in [-0.2, -0.15) is 0 Å². The zero-order chi connectivity index (χ0) is 9.43. The zero-order valence-corrected chi connectivity index (χ0v) is 8.25. The first kappa shape index (κ1) is 8.45. The molecule has 14 heavy (non-hydrogen) atoms. The van der Waals surface area contributed by atoms with Crippen LogP contribution in [0.5, 0.6) is 0 Å². The second kappa shape index (κ2) is 3.07. The molecule has 1 saturated heterocycles. The molecule has 1 spiro atoms. The minimum Gasteiger partial charge on any atom is -0.378 e. The summed E-state index contributed by atoms with van der Waals surface area (Å²) in [5.41, 5.74) is 3.08. The van der Waals surface area contributed by atoms with Crippen LogP contribution in [0.4, 0.5) is 0 Å². The number of fused-ring (bicyclic) bond motifs is 2. The SMILES string of the molecule is c1ccc2c(c1)CC[C@@]21COCCN1. The van der Waals surface area contributed by atoms with Crippen LogP contribution in [0.2, 0.25) is 0 Å². The Balaban J connectivity index is 2.03. The molecule has 2 nitrogen and oxygen atoms in total. The average Bonchev–Trinajstić information content (AvgIpc) is 2.60. The van der Waals surface area contributed by atoms with Crippen LogP contribution in [0.25, 0.3) is 0 Å². The highest BCUT2D eigenvalue weighted by Crippen LogP contribution is 2.37. The van der Waals surface area contributed by atoms with Crippen LogP contribution in [0, 0.1) is 0 Å². The van der Waals surface area contributed by atoms with Gasteiger partial charge in [0.05, 0.1) is 18.8 Å². The lowest BCUT2D eigenvalue weighted by Crippen LogP contribution is -2.50. The molecule has 2 aliphatic rings. The zero-order valence-electron chi connectivity index (χ0n) is 8.25. The van der Waals surface area contributed by atoms with Gasteiger partial charge in [0.25, 0.3) is 0 Å². The highest BCUT2D eigenvalue weighted by Gasteiger charge is 2.39. The molecule has 0 bridgehead atoms. The largest absolute Gasteiger partial charge is 0.378 e. The van der Waals surface area contributed by atoms with Gasteiger partial charge in [-0.3, -0.25) is 0 Å². The minimum atomic E-state index is 0.134. The van der Waals surface area contributed by atoms with Gasteiger partial charge in [0, 0.05) is 6.54 Å². The van der Waals surface area contributed by atoms with Gasteiger partial charge in [-0.05, 0) is 24.0 Å². The lowest BCUT2D eigenvalue weighted by atomic mass is 9.92. The summed E-state index contributed by atoms with van der Waals surface area (Å²) in [6, 6.07) is 8.73. The fraction of sp³-hybridized carbons (Fsp3) is 0.500. The van der Waals surface area contributed by atoms with Crippen LogP contribution in [0.3, 0.4) is 0 Å². The van der Waals surface area contributed by atoms with Crippen molar-refractivity contribution in [2.24, 2.45) is 0 Å². The number of benzene rings is 1. The fourth-order valence-electron chi connectivity index (χ4n) is 2.68. The van der Waals surface area contributed by atoms with E-state index in [1.807, 2.05) is 0 Å². The van der Waals surface area contributed by atoms with E-state index in [0.717, 1.165) is 19.8 Å². The Hall–Kier alpha value is -0.860. The molecule has 1 N–H and O–H groups in total. The quantitative estimate of drug-likeness (QED) is 0.667. The van der Waals surface area contributed by atoms with Crippen molar-refractivity contribution in [2.45, 2.75) is 18.4 Å². The normalized spacial score (nSPS) is 30.6. The van der Waals surface area contributed by atoms with Crippen LogP contribution >= 0.6 is 0 Å². The fourth-order valence-corrected chi connectivity index (χ4v) is 2.68. The number of hydrogen-bond acceptors (Lipinski definition) is 2. The maximum atomic E-state index is 5.60. The van der Waals surface area contributed by atoms with E-state index in [9.17, 15) is 0 Å². The van der Waals surface area contributed by atoms with Crippen LogP contribution in [0.15, 0.2) is 24.3 Å². The topological polar surface area (TPSA) is 21.3 Å². The molecule has 1 aromatic rings. The summed E-state index contributed by atoms with van der Waals surface area (Å²) in [5, 5.41) is 3.63. The van der Waals surface area contributed by atoms with E-state index in [2.05, 4.69) is 29.6 Å². The smallest absolute Gasteiger partial charge is 0.0691 e. The van der Waals surface area contributed by atoms with Crippen molar-refractivity contribution >= 4 is 0 Å². The molecule has 1 fully saturated rings. The van der Waals surface area contributed by atoms with Crippen LogP contribution in [-0.2, 0) is 16.7 Å². The van der Waals surface area contributed by atoms with E-state index < -0.39 is 0 Å². The van der Waals surface area contributed by atoms with Crippen molar-refractivity contribution in [3.63, 3.8) is 0 Å². The van der Waals surface area contributed by atoms with Crippen molar-refractivity contribution < 1.29 is 4.74 Å². The molecule has 1 atom stereocenters. The van der Waals surface area contributed by atoms with Gasteiger partial charge in [-0.1, -0.05) is 24.3 Å². The molecule has 2 heteroatoms. The highest BCUT2D eigenvalue weighted by atomic mass is 16.5. The van der Waals surface area contributed by atoms with Gasteiger partial charge in [0.15, 0.2) is 0 Å². The number of ether oxygens (including phenoxy) is 1. The molecule has 0 aromatic heterocycles. The Morgan fingerprint density at radius 3 is 3.07 bits per heavy atom. The van der Waals surface area contributed by atoms with Crippen molar-refractivity contribution in [2.75, 3.05) is 19.8 Å². The molecule has 3 rings (SSSR count). The summed E-state index contributed by atoms with van der Waals surface area (Å²) in [6.07, 6.45) is 2.37. The second-order valence-electron chi connectivity index (χ2n) is 4.22. The molecule has 0 radical (unpaired) electrons. The van der Waals surface area contributed by atoms with E-state index in [1.165, 1.54) is 24.0 Å². The summed E-state index contributed by atoms with van der Waals surface area (Å²) >= 11 is 0. The standard InChI is InChI=1S/C12H15NO/c1-2-4-11-10(3-1)5-6-12(11)9-14-8-7-13-12/h1-4,13H,5-9H2/t12-/m1/s1. The predicted molar refractivity (Wildman–Crippen MR) is 55.3 cm³/mol. The maximum absolute atomic E-state index is 5.60.